The zero-order chi connectivity index (χ0) is 13.3. The Bertz CT molecular complexity index is 450. The van der Waals surface area contributed by atoms with Gasteiger partial charge in [0.25, 0.3) is 0 Å². The SMILES string of the molecule is CC(C)[C@H]1OC(=O)N(Cc2ccnc(N)c2)C1O. The lowest BCUT2D eigenvalue weighted by molar-refractivity contribution is -0.00868. The first kappa shape index (κ1) is 12.6. The second-order valence-electron chi connectivity index (χ2n) is 4.72. The molecular formula is C12H17N3O3. The van der Waals surface area contributed by atoms with Crippen molar-refractivity contribution < 1.29 is 14.6 Å². The highest BCUT2D eigenvalue weighted by Gasteiger charge is 2.41. The van der Waals surface area contributed by atoms with Gasteiger partial charge in [-0.05, 0) is 23.6 Å². The standard InChI is InChI=1S/C12H17N3O3/c1-7(2)10-11(16)15(12(17)18-10)6-8-3-4-14-9(13)5-8/h3-5,7,10-11,16H,6H2,1-2H3,(H2,13,14)/t10-,11?/m1/s1. The van der Waals surface area contributed by atoms with E-state index < -0.39 is 18.4 Å². The van der Waals surface area contributed by atoms with Crippen LogP contribution in [0.5, 0.6) is 0 Å². The number of pyridine rings is 1. The fourth-order valence-corrected chi connectivity index (χ4v) is 1.96. The molecule has 2 rings (SSSR count). The van der Waals surface area contributed by atoms with Crippen LogP contribution in [0.15, 0.2) is 18.3 Å². The van der Waals surface area contributed by atoms with Gasteiger partial charge in [-0.25, -0.2) is 9.78 Å². The lowest BCUT2D eigenvalue weighted by Gasteiger charge is -2.21. The van der Waals surface area contributed by atoms with Crippen LogP contribution in [0, 0.1) is 5.92 Å². The van der Waals surface area contributed by atoms with Crippen LogP contribution in [0.2, 0.25) is 0 Å². The number of aliphatic hydroxyl groups is 1. The number of carbonyl (C=O) groups excluding carboxylic acids is 1. The Balaban J connectivity index is 2.12. The first-order chi connectivity index (χ1) is 8.49. The van der Waals surface area contributed by atoms with Crippen LogP contribution in [-0.4, -0.2) is 33.4 Å². The molecule has 1 unspecified atom stereocenters. The van der Waals surface area contributed by atoms with Crippen molar-refractivity contribution in [1.29, 1.82) is 0 Å². The molecule has 0 bridgehead atoms. The molecule has 0 aliphatic carbocycles. The summed E-state index contributed by atoms with van der Waals surface area (Å²) in [6.07, 6.45) is -0.349. The van der Waals surface area contributed by atoms with E-state index in [0.717, 1.165) is 5.56 Å². The Morgan fingerprint density at radius 1 is 1.61 bits per heavy atom. The summed E-state index contributed by atoms with van der Waals surface area (Å²) in [4.78, 5) is 16.9. The van der Waals surface area contributed by atoms with E-state index in [1.165, 1.54) is 4.90 Å². The van der Waals surface area contributed by atoms with Crippen LogP contribution in [0.4, 0.5) is 10.6 Å². The summed E-state index contributed by atoms with van der Waals surface area (Å²) in [6.45, 7) is 4.06. The van der Waals surface area contributed by atoms with Crippen molar-refractivity contribution in [2.75, 3.05) is 5.73 Å². The average Bonchev–Trinajstić information content (AvgIpc) is 2.57. The number of nitrogens with zero attached hydrogens (tertiary/aromatic N) is 2. The number of aliphatic hydroxyl groups excluding tert-OH is 1. The molecule has 0 aromatic carbocycles. The number of nitrogens with two attached hydrogens (primary N) is 1. The van der Waals surface area contributed by atoms with Gasteiger partial charge in [0.05, 0.1) is 6.54 Å². The van der Waals surface area contributed by atoms with Gasteiger partial charge in [-0.3, -0.25) is 4.90 Å². The largest absolute Gasteiger partial charge is 0.441 e. The maximum Gasteiger partial charge on any atom is 0.412 e. The Morgan fingerprint density at radius 3 is 2.89 bits per heavy atom. The zero-order valence-electron chi connectivity index (χ0n) is 10.4. The molecule has 98 valence electrons. The third kappa shape index (κ3) is 2.38. The summed E-state index contributed by atoms with van der Waals surface area (Å²) in [5.41, 5.74) is 6.38. The normalized spacial score (nSPS) is 23.6. The molecule has 2 heterocycles. The Hall–Kier alpha value is -1.82. The molecule has 1 aliphatic heterocycles. The van der Waals surface area contributed by atoms with Crippen molar-refractivity contribution in [2.45, 2.75) is 32.7 Å². The van der Waals surface area contributed by atoms with Crippen molar-refractivity contribution in [3.05, 3.63) is 23.9 Å². The molecule has 18 heavy (non-hydrogen) atoms. The molecule has 1 saturated heterocycles. The quantitative estimate of drug-likeness (QED) is 0.835. The van der Waals surface area contributed by atoms with Gasteiger partial charge in [0.1, 0.15) is 5.82 Å². The van der Waals surface area contributed by atoms with Gasteiger partial charge >= 0.3 is 6.09 Å². The van der Waals surface area contributed by atoms with Gasteiger partial charge in [-0.2, -0.15) is 0 Å². The van der Waals surface area contributed by atoms with Crippen LogP contribution in [0.3, 0.4) is 0 Å². The van der Waals surface area contributed by atoms with Gasteiger partial charge < -0.3 is 15.6 Å². The number of nitrogen functional groups attached to an aromatic ring is 1. The minimum Gasteiger partial charge on any atom is -0.441 e. The summed E-state index contributed by atoms with van der Waals surface area (Å²) in [5.74, 6) is 0.450. The fraction of sp³-hybridized carbons (Fsp3) is 0.500. The predicted molar refractivity (Wildman–Crippen MR) is 65.3 cm³/mol. The second-order valence-corrected chi connectivity index (χ2v) is 4.72. The van der Waals surface area contributed by atoms with E-state index in [4.69, 9.17) is 10.5 Å². The lowest BCUT2D eigenvalue weighted by atomic mass is 10.1. The Labute approximate surface area is 105 Å². The number of anilines is 1. The number of amides is 1. The first-order valence-corrected chi connectivity index (χ1v) is 5.84. The first-order valence-electron chi connectivity index (χ1n) is 5.84. The minimum atomic E-state index is -0.924. The molecule has 1 aromatic heterocycles. The third-order valence-electron chi connectivity index (χ3n) is 2.94. The number of carbonyl (C=O) groups is 1. The topological polar surface area (TPSA) is 88.7 Å². The van der Waals surface area contributed by atoms with E-state index in [-0.39, 0.29) is 12.5 Å². The summed E-state index contributed by atoms with van der Waals surface area (Å²) in [6, 6.07) is 3.42. The monoisotopic (exact) mass is 251 g/mol. The maximum atomic E-state index is 11.7. The van der Waals surface area contributed by atoms with Crippen molar-refractivity contribution in [1.82, 2.24) is 9.88 Å². The van der Waals surface area contributed by atoms with Gasteiger partial charge in [-0.15, -0.1) is 0 Å². The Kier molecular flexibility index (Phi) is 3.38. The molecule has 0 radical (unpaired) electrons. The molecule has 6 nitrogen and oxygen atoms in total. The van der Waals surface area contributed by atoms with Gasteiger partial charge in [0.15, 0.2) is 12.3 Å². The van der Waals surface area contributed by atoms with Crippen molar-refractivity contribution in [3.63, 3.8) is 0 Å². The molecule has 0 saturated carbocycles. The number of cyclic esters (lactones) is 1. The summed E-state index contributed by atoms with van der Waals surface area (Å²) >= 11 is 0. The smallest absolute Gasteiger partial charge is 0.412 e. The summed E-state index contributed by atoms with van der Waals surface area (Å²) in [5, 5.41) is 10.1. The highest BCUT2D eigenvalue weighted by molar-refractivity contribution is 5.70. The highest BCUT2D eigenvalue weighted by atomic mass is 16.6. The van der Waals surface area contributed by atoms with Crippen LogP contribution in [0.1, 0.15) is 19.4 Å². The summed E-state index contributed by atoms with van der Waals surface area (Å²) < 4.78 is 5.14. The Morgan fingerprint density at radius 2 is 2.33 bits per heavy atom. The van der Waals surface area contributed by atoms with E-state index in [1.807, 2.05) is 13.8 Å². The number of hydrogen-bond donors (Lipinski definition) is 2. The van der Waals surface area contributed by atoms with Crippen LogP contribution >= 0.6 is 0 Å². The van der Waals surface area contributed by atoms with Gasteiger partial charge in [0, 0.05) is 6.20 Å². The van der Waals surface area contributed by atoms with Crippen LogP contribution in [0.25, 0.3) is 0 Å². The number of rotatable bonds is 3. The molecule has 1 aromatic rings. The fourth-order valence-electron chi connectivity index (χ4n) is 1.96. The molecular weight excluding hydrogens is 234 g/mol. The van der Waals surface area contributed by atoms with Gasteiger partial charge in [-0.1, -0.05) is 13.8 Å². The molecule has 1 fully saturated rings. The number of ether oxygens (including phenoxy) is 1. The van der Waals surface area contributed by atoms with E-state index in [9.17, 15) is 9.90 Å². The van der Waals surface area contributed by atoms with Crippen molar-refractivity contribution in [2.24, 2.45) is 5.92 Å². The third-order valence-corrected chi connectivity index (χ3v) is 2.94. The number of hydrogen-bond acceptors (Lipinski definition) is 5. The lowest BCUT2D eigenvalue weighted by Crippen LogP contribution is -2.37. The van der Waals surface area contributed by atoms with Crippen LogP contribution < -0.4 is 5.73 Å². The molecule has 3 N–H and O–H groups in total. The number of aromatic nitrogens is 1. The maximum absolute atomic E-state index is 11.7. The minimum absolute atomic E-state index is 0.0662. The highest BCUT2D eigenvalue weighted by Crippen LogP contribution is 2.25. The van der Waals surface area contributed by atoms with Crippen molar-refractivity contribution in [3.8, 4) is 0 Å². The molecule has 0 spiro atoms. The predicted octanol–water partition coefficient (Wildman–Crippen LogP) is 0.959. The molecule has 1 amide bonds. The van der Waals surface area contributed by atoms with E-state index in [0.29, 0.717) is 5.82 Å². The average molecular weight is 251 g/mol. The zero-order valence-corrected chi connectivity index (χ0v) is 10.4. The summed E-state index contributed by atoms with van der Waals surface area (Å²) in [7, 11) is 0. The van der Waals surface area contributed by atoms with E-state index in [2.05, 4.69) is 4.98 Å². The molecule has 6 heteroatoms. The van der Waals surface area contributed by atoms with Crippen molar-refractivity contribution >= 4 is 11.9 Å². The molecule has 2 atom stereocenters. The second kappa shape index (κ2) is 4.81. The van der Waals surface area contributed by atoms with Crippen LogP contribution in [-0.2, 0) is 11.3 Å². The van der Waals surface area contributed by atoms with E-state index in [1.54, 1.807) is 18.3 Å². The molecule has 1 aliphatic rings. The van der Waals surface area contributed by atoms with E-state index >= 15 is 0 Å². The van der Waals surface area contributed by atoms with Gasteiger partial charge in [0.2, 0.25) is 0 Å².